The summed E-state index contributed by atoms with van der Waals surface area (Å²) in [5.74, 6) is -0.0147. The monoisotopic (exact) mass is 290 g/mol. The van der Waals surface area contributed by atoms with Crippen LogP contribution in [0.15, 0.2) is 28.7 Å². The predicted molar refractivity (Wildman–Crippen MR) is 83.1 cm³/mol. The van der Waals surface area contributed by atoms with Gasteiger partial charge < -0.3 is 20.6 Å². The number of nitrogen functional groups attached to an aromatic ring is 1. The lowest BCUT2D eigenvalue weighted by atomic mass is 9.83. The fourth-order valence-electron chi connectivity index (χ4n) is 2.31. The fourth-order valence-corrected chi connectivity index (χ4v) is 2.31. The van der Waals surface area contributed by atoms with Crippen LogP contribution in [0.2, 0.25) is 0 Å². The Morgan fingerprint density at radius 1 is 1.33 bits per heavy atom. The van der Waals surface area contributed by atoms with Crippen molar-refractivity contribution >= 4 is 22.6 Å². The molecule has 0 aliphatic rings. The third-order valence-corrected chi connectivity index (χ3v) is 4.22. The van der Waals surface area contributed by atoms with E-state index in [1.54, 1.807) is 24.3 Å². The molecule has 0 unspecified atom stereocenters. The van der Waals surface area contributed by atoms with E-state index in [4.69, 9.17) is 10.2 Å². The number of carbonyl (C=O) groups is 1. The number of rotatable bonds is 6. The Hall–Kier alpha value is -2.01. The van der Waals surface area contributed by atoms with Gasteiger partial charge in [0.1, 0.15) is 5.58 Å². The first-order chi connectivity index (χ1) is 10.0. The third-order valence-electron chi connectivity index (χ3n) is 4.22. The van der Waals surface area contributed by atoms with Gasteiger partial charge in [-0.3, -0.25) is 4.79 Å². The molecule has 1 amide bonds. The summed E-state index contributed by atoms with van der Waals surface area (Å²) in [7, 11) is 0. The average Bonchev–Trinajstić information content (AvgIpc) is 2.92. The zero-order valence-corrected chi connectivity index (χ0v) is 12.5. The number of furan rings is 1. The molecule has 0 atom stereocenters. The topological polar surface area (TPSA) is 88.5 Å². The van der Waals surface area contributed by atoms with Crippen LogP contribution in [-0.2, 0) is 0 Å². The van der Waals surface area contributed by atoms with Gasteiger partial charge in [0, 0.05) is 23.0 Å². The number of benzene rings is 1. The standard InChI is InChI=1S/C16H22N2O3/c1-3-16(4-2,10-19)9-18-15(20)14-8-11-7-12(17)5-6-13(11)21-14/h5-8,19H,3-4,9-10,17H2,1-2H3,(H,18,20). The number of aliphatic hydroxyl groups excluding tert-OH is 1. The van der Waals surface area contributed by atoms with Crippen LogP contribution in [0, 0.1) is 5.41 Å². The predicted octanol–water partition coefficient (Wildman–Crippen LogP) is 2.54. The Bertz CT molecular complexity index is 621. The molecule has 0 aliphatic heterocycles. The van der Waals surface area contributed by atoms with Gasteiger partial charge in [0.05, 0.1) is 6.61 Å². The summed E-state index contributed by atoms with van der Waals surface area (Å²) in [5, 5.41) is 13.2. The maximum Gasteiger partial charge on any atom is 0.287 e. The maximum absolute atomic E-state index is 12.2. The minimum atomic E-state index is -0.274. The Morgan fingerprint density at radius 2 is 2.05 bits per heavy atom. The van der Waals surface area contributed by atoms with E-state index in [-0.39, 0.29) is 23.7 Å². The van der Waals surface area contributed by atoms with Crippen LogP contribution in [0.1, 0.15) is 37.2 Å². The molecule has 4 N–H and O–H groups in total. The van der Waals surface area contributed by atoms with Crippen LogP contribution >= 0.6 is 0 Å². The lowest BCUT2D eigenvalue weighted by molar-refractivity contribution is 0.0829. The van der Waals surface area contributed by atoms with Crippen molar-refractivity contribution in [3.05, 3.63) is 30.0 Å². The van der Waals surface area contributed by atoms with Gasteiger partial charge >= 0.3 is 0 Å². The third kappa shape index (κ3) is 3.19. The van der Waals surface area contributed by atoms with Crippen LogP contribution in [0.25, 0.3) is 11.0 Å². The average molecular weight is 290 g/mol. The molecule has 0 fully saturated rings. The molecule has 1 heterocycles. The second-order valence-corrected chi connectivity index (χ2v) is 5.46. The van der Waals surface area contributed by atoms with Gasteiger partial charge in [0.25, 0.3) is 5.91 Å². The van der Waals surface area contributed by atoms with Crippen molar-refractivity contribution in [2.24, 2.45) is 5.41 Å². The molecule has 5 heteroatoms. The van der Waals surface area contributed by atoms with Crippen LogP contribution in [-0.4, -0.2) is 24.2 Å². The van der Waals surface area contributed by atoms with E-state index in [1.165, 1.54) is 0 Å². The first-order valence-electron chi connectivity index (χ1n) is 7.21. The lowest BCUT2D eigenvalue weighted by Gasteiger charge is -2.29. The molecule has 1 aromatic heterocycles. The van der Waals surface area contributed by atoms with E-state index < -0.39 is 0 Å². The van der Waals surface area contributed by atoms with Gasteiger partial charge in [-0.25, -0.2) is 0 Å². The molecule has 114 valence electrons. The molecule has 0 spiro atoms. The number of fused-ring (bicyclic) bond motifs is 1. The number of nitrogens with one attached hydrogen (secondary N) is 1. The molecule has 0 bridgehead atoms. The van der Waals surface area contributed by atoms with Crippen molar-refractivity contribution in [2.45, 2.75) is 26.7 Å². The SMILES string of the molecule is CCC(CC)(CO)CNC(=O)c1cc2cc(N)ccc2o1. The molecule has 21 heavy (non-hydrogen) atoms. The molecule has 0 saturated carbocycles. The molecule has 0 saturated heterocycles. The van der Waals surface area contributed by atoms with E-state index in [0.717, 1.165) is 18.2 Å². The zero-order valence-electron chi connectivity index (χ0n) is 12.5. The molecular weight excluding hydrogens is 268 g/mol. The van der Waals surface area contributed by atoms with Crippen molar-refractivity contribution in [1.29, 1.82) is 0 Å². The lowest BCUT2D eigenvalue weighted by Crippen LogP contribution is -2.39. The number of hydrogen-bond acceptors (Lipinski definition) is 4. The second-order valence-electron chi connectivity index (χ2n) is 5.46. The first kappa shape index (κ1) is 15.4. The van der Waals surface area contributed by atoms with Crippen molar-refractivity contribution in [1.82, 2.24) is 5.32 Å². The van der Waals surface area contributed by atoms with E-state index in [1.807, 2.05) is 13.8 Å². The highest BCUT2D eigenvalue weighted by Crippen LogP contribution is 2.25. The van der Waals surface area contributed by atoms with Crippen LogP contribution < -0.4 is 11.1 Å². The van der Waals surface area contributed by atoms with E-state index >= 15 is 0 Å². The van der Waals surface area contributed by atoms with Crippen LogP contribution in [0.4, 0.5) is 5.69 Å². The number of amides is 1. The van der Waals surface area contributed by atoms with E-state index in [2.05, 4.69) is 5.32 Å². The summed E-state index contributed by atoms with van der Waals surface area (Å²) in [4.78, 5) is 12.2. The van der Waals surface area contributed by atoms with Gasteiger partial charge in [-0.2, -0.15) is 0 Å². The Balaban J connectivity index is 2.12. The molecular formula is C16H22N2O3. The Labute approximate surface area is 124 Å². The minimum absolute atomic E-state index is 0.0525. The van der Waals surface area contributed by atoms with Gasteiger partial charge in [-0.15, -0.1) is 0 Å². The van der Waals surface area contributed by atoms with Gasteiger partial charge in [-0.1, -0.05) is 13.8 Å². The molecule has 2 rings (SSSR count). The molecule has 5 nitrogen and oxygen atoms in total. The fraction of sp³-hybridized carbons (Fsp3) is 0.438. The summed E-state index contributed by atoms with van der Waals surface area (Å²) < 4.78 is 5.52. The van der Waals surface area contributed by atoms with E-state index in [0.29, 0.717) is 17.8 Å². The summed E-state index contributed by atoms with van der Waals surface area (Å²) in [6.07, 6.45) is 1.61. The van der Waals surface area contributed by atoms with Gasteiger partial charge in [-0.05, 0) is 37.1 Å². The number of nitrogens with two attached hydrogens (primary N) is 1. The van der Waals surface area contributed by atoms with Crippen molar-refractivity contribution in [2.75, 3.05) is 18.9 Å². The normalized spacial score (nSPS) is 11.8. The molecule has 0 radical (unpaired) electrons. The summed E-state index contributed by atoms with van der Waals surface area (Å²) in [5.41, 5.74) is 6.70. The number of hydrogen-bond donors (Lipinski definition) is 3. The number of carbonyl (C=O) groups excluding carboxylic acids is 1. The number of anilines is 1. The summed E-state index contributed by atoms with van der Waals surface area (Å²) >= 11 is 0. The molecule has 0 aliphatic carbocycles. The van der Waals surface area contributed by atoms with Crippen molar-refractivity contribution in [3.63, 3.8) is 0 Å². The second kappa shape index (κ2) is 6.18. The van der Waals surface area contributed by atoms with Crippen molar-refractivity contribution < 1.29 is 14.3 Å². The van der Waals surface area contributed by atoms with Gasteiger partial charge in [0.15, 0.2) is 5.76 Å². The molecule has 2 aromatic rings. The number of aliphatic hydroxyl groups is 1. The summed E-state index contributed by atoms with van der Waals surface area (Å²) in [6.45, 7) is 4.50. The van der Waals surface area contributed by atoms with Crippen LogP contribution in [0.5, 0.6) is 0 Å². The minimum Gasteiger partial charge on any atom is -0.451 e. The largest absolute Gasteiger partial charge is 0.451 e. The highest BCUT2D eigenvalue weighted by Gasteiger charge is 2.26. The Kier molecular flexibility index (Phi) is 4.53. The zero-order chi connectivity index (χ0) is 15.5. The Morgan fingerprint density at radius 3 is 2.67 bits per heavy atom. The summed E-state index contributed by atoms with van der Waals surface area (Å²) in [6, 6.07) is 6.93. The van der Waals surface area contributed by atoms with Crippen LogP contribution in [0.3, 0.4) is 0 Å². The smallest absolute Gasteiger partial charge is 0.287 e. The van der Waals surface area contributed by atoms with Gasteiger partial charge in [0.2, 0.25) is 0 Å². The highest BCUT2D eigenvalue weighted by atomic mass is 16.3. The molecule has 1 aromatic carbocycles. The quantitative estimate of drug-likeness (QED) is 0.713. The highest BCUT2D eigenvalue weighted by molar-refractivity contribution is 5.96. The van der Waals surface area contributed by atoms with E-state index in [9.17, 15) is 9.90 Å². The van der Waals surface area contributed by atoms with Crippen molar-refractivity contribution in [3.8, 4) is 0 Å². The first-order valence-corrected chi connectivity index (χ1v) is 7.21. The maximum atomic E-state index is 12.2.